The van der Waals surface area contributed by atoms with Crippen LogP contribution in [0.25, 0.3) is 21.5 Å². The van der Waals surface area contributed by atoms with Crippen molar-refractivity contribution in [3.63, 3.8) is 0 Å². The first kappa shape index (κ1) is 10.5. The third-order valence-electron chi connectivity index (χ3n) is 2.98. The van der Waals surface area contributed by atoms with Gasteiger partial charge in [0, 0.05) is 8.96 Å². The van der Waals surface area contributed by atoms with E-state index >= 15 is 0 Å². The van der Waals surface area contributed by atoms with Crippen LogP contribution in [-0.2, 0) is 0 Å². The quantitative estimate of drug-likeness (QED) is 0.441. The van der Waals surface area contributed by atoms with Gasteiger partial charge in [-0.3, -0.25) is 0 Å². The van der Waals surface area contributed by atoms with Gasteiger partial charge in [0.25, 0.3) is 0 Å². The summed E-state index contributed by atoms with van der Waals surface area (Å²) in [5.74, 6) is 0. The minimum atomic E-state index is 0.778. The molecule has 0 atom stereocenters. The fourth-order valence-corrected chi connectivity index (χ4v) is 3.09. The average molecular weight is 329 g/mol. The first-order valence-electron chi connectivity index (χ1n) is 5.32. The highest BCUT2D eigenvalue weighted by Gasteiger charge is 2.10. The van der Waals surface area contributed by atoms with Crippen molar-refractivity contribution in [2.75, 3.05) is 0 Å². The molecule has 0 N–H and O–H groups in total. The molecule has 1 nitrogen and oxygen atoms in total. The Morgan fingerprint density at radius 2 is 1.24 bits per heavy atom. The molecule has 0 radical (unpaired) electrons. The smallest absolute Gasteiger partial charge is 0.101 e. The molecule has 0 unspecified atom stereocenters. The van der Waals surface area contributed by atoms with Gasteiger partial charge in [-0.2, -0.15) is 5.26 Å². The van der Waals surface area contributed by atoms with Crippen molar-refractivity contribution < 1.29 is 0 Å². The fourth-order valence-electron chi connectivity index (χ4n) is 2.21. The largest absolute Gasteiger partial charge is 0.192 e. The highest BCUT2D eigenvalue weighted by Crippen LogP contribution is 2.33. The number of hydrogen-bond acceptors (Lipinski definition) is 1. The molecule has 2 heteroatoms. The topological polar surface area (TPSA) is 23.8 Å². The van der Waals surface area contributed by atoms with Gasteiger partial charge in [0.05, 0.1) is 5.56 Å². The van der Waals surface area contributed by atoms with Gasteiger partial charge in [-0.05, 0) is 38.7 Å². The van der Waals surface area contributed by atoms with Crippen molar-refractivity contribution in [1.29, 1.82) is 5.26 Å². The molecular weight excluding hydrogens is 321 g/mol. The van der Waals surface area contributed by atoms with Crippen molar-refractivity contribution in [1.82, 2.24) is 0 Å². The van der Waals surface area contributed by atoms with Crippen LogP contribution in [0.5, 0.6) is 0 Å². The Morgan fingerprint density at radius 3 is 1.82 bits per heavy atom. The zero-order chi connectivity index (χ0) is 11.8. The lowest BCUT2D eigenvalue weighted by Crippen LogP contribution is -1.88. The summed E-state index contributed by atoms with van der Waals surface area (Å²) >= 11 is 2.26. The van der Waals surface area contributed by atoms with Gasteiger partial charge in [0.1, 0.15) is 6.07 Å². The van der Waals surface area contributed by atoms with Crippen molar-refractivity contribution in [2.45, 2.75) is 0 Å². The lowest BCUT2D eigenvalue weighted by atomic mass is 9.98. The maximum atomic E-state index is 9.32. The van der Waals surface area contributed by atoms with E-state index in [9.17, 15) is 5.26 Å². The second kappa shape index (κ2) is 4.01. The molecule has 0 aliphatic carbocycles. The maximum absolute atomic E-state index is 9.32. The summed E-state index contributed by atoms with van der Waals surface area (Å²) in [6, 6.07) is 18.7. The third-order valence-corrected chi connectivity index (χ3v) is 4.10. The first-order chi connectivity index (χ1) is 8.33. The predicted octanol–water partition coefficient (Wildman–Crippen LogP) is 4.47. The Hall–Kier alpha value is -1.60. The number of halogens is 1. The molecule has 0 bridgehead atoms. The third kappa shape index (κ3) is 1.50. The standard InChI is InChI=1S/C15H8IN/c16-15-13-8-4-3-6-11(13)10-5-1-2-7-12(10)14(15)9-17/h1-8H. The second-order valence-corrected chi connectivity index (χ2v) is 4.97. The van der Waals surface area contributed by atoms with Gasteiger partial charge in [-0.1, -0.05) is 48.5 Å². The fraction of sp³-hybridized carbons (Fsp3) is 0. The van der Waals surface area contributed by atoms with E-state index in [1.165, 1.54) is 5.39 Å². The molecule has 3 aromatic rings. The number of rotatable bonds is 0. The van der Waals surface area contributed by atoms with Gasteiger partial charge in [0.15, 0.2) is 0 Å². The van der Waals surface area contributed by atoms with Gasteiger partial charge >= 0.3 is 0 Å². The molecule has 0 aliphatic rings. The minimum absolute atomic E-state index is 0.778. The van der Waals surface area contributed by atoms with Crippen LogP contribution in [0.15, 0.2) is 48.5 Å². The van der Waals surface area contributed by atoms with Crippen LogP contribution in [0.2, 0.25) is 0 Å². The molecule has 0 aromatic heterocycles. The van der Waals surface area contributed by atoms with E-state index in [1.54, 1.807) is 0 Å². The van der Waals surface area contributed by atoms with Crippen molar-refractivity contribution in [2.24, 2.45) is 0 Å². The van der Waals surface area contributed by atoms with E-state index in [0.717, 1.165) is 25.3 Å². The van der Waals surface area contributed by atoms with Gasteiger partial charge in [0.2, 0.25) is 0 Å². The molecular formula is C15H8IN. The molecule has 3 aromatic carbocycles. The molecule has 0 saturated carbocycles. The van der Waals surface area contributed by atoms with E-state index in [0.29, 0.717) is 0 Å². The molecule has 0 amide bonds. The molecule has 0 saturated heterocycles. The van der Waals surface area contributed by atoms with Crippen LogP contribution < -0.4 is 0 Å². The summed E-state index contributed by atoms with van der Waals surface area (Å²) in [6.07, 6.45) is 0. The van der Waals surface area contributed by atoms with Gasteiger partial charge in [-0.25, -0.2) is 0 Å². The van der Waals surface area contributed by atoms with Crippen molar-refractivity contribution >= 4 is 44.1 Å². The lowest BCUT2D eigenvalue weighted by molar-refractivity contribution is 1.50. The summed E-state index contributed by atoms with van der Waals surface area (Å²) in [4.78, 5) is 0. The normalized spacial score (nSPS) is 10.6. The van der Waals surface area contributed by atoms with Crippen LogP contribution in [0.3, 0.4) is 0 Å². The number of nitriles is 1. The molecule has 3 rings (SSSR count). The number of nitrogens with zero attached hydrogens (tertiary/aromatic N) is 1. The van der Waals surface area contributed by atoms with E-state index in [2.05, 4.69) is 46.9 Å². The van der Waals surface area contributed by atoms with E-state index in [4.69, 9.17) is 0 Å². The molecule has 0 heterocycles. The highest BCUT2D eigenvalue weighted by molar-refractivity contribution is 14.1. The first-order valence-corrected chi connectivity index (χ1v) is 6.40. The van der Waals surface area contributed by atoms with E-state index in [-0.39, 0.29) is 0 Å². The number of benzene rings is 3. The molecule has 0 fully saturated rings. The van der Waals surface area contributed by atoms with E-state index in [1.807, 2.05) is 30.3 Å². The number of fused-ring (bicyclic) bond motifs is 3. The Bertz CT molecular complexity index is 769. The predicted molar refractivity (Wildman–Crippen MR) is 78.9 cm³/mol. The van der Waals surface area contributed by atoms with Crippen LogP contribution in [0.1, 0.15) is 5.56 Å². The minimum Gasteiger partial charge on any atom is -0.192 e. The summed E-state index contributed by atoms with van der Waals surface area (Å²) in [6.45, 7) is 0. The molecule has 80 valence electrons. The van der Waals surface area contributed by atoms with Gasteiger partial charge < -0.3 is 0 Å². The lowest BCUT2D eigenvalue weighted by Gasteiger charge is -2.08. The summed E-state index contributed by atoms with van der Waals surface area (Å²) in [7, 11) is 0. The monoisotopic (exact) mass is 329 g/mol. The summed E-state index contributed by atoms with van der Waals surface area (Å²) in [5.41, 5.74) is 0.778. The summed E-state index contributed by atoms with van der Waals surface area (Å²) in [5, 5.41) is 13.9. The molecule has 0 aliphatic heterocycles. The van der Waals surface area contributed by atoms with Crippen LogP contribution in [-0.4, -0.2) is 0 Å². The van der Waals surface area contributed by atoms with Crippen LogP contribution in [0.4, 0.5) is 0 Å². The average Bonchev–Trinajstić information content (AvgIpc) is 2.40. The zero-order valence-corrected chi connectivity index (χ0v) is 11.1. The summed E-state index contributed by atoms with van der Waals surface area (Å²) < 4.78 is 1.04. The second-order valence-electron chi connectivity index (χ2n) is 3.89. The van der Waals surface area contributed by atoms with Crippen molar-refractivity contribution in [3.8, 4) is 6.07 Å². The Kier molecular flexibility index (Phi) is 2.49. The molecule has 17 heavy (non-hydrogen) atoms. The Balaban J connectivity index is 2.70. The van der Waals surface area contributed by atoms with Crippen molar-refractivity contribution in [3.05, 3.63) is 57.7 Å². The van der Waals surface area contributed by atoms with Gasteiger partial charge in [-0.15, -0.1) is 0 Å². The highest BCUT2D eigenvalue weighted by atomic mass is 127. The number of hydrogen-bond donors (Lipinski definition) is 0. The molecule has 0 spiro atoms. The Labute approximate surface area is 113 Å². The van der Waals surface area contributed by atoms with E-state index < -0.39 is 0 Å². The Morgan fingerprint density at radius 1 is 0.765 bits per heavy atom. The SMILES string of the molecule is N#Cc1c(I)c2ccccc2c2ccccc12. The zero-order valence-electron chi connectivity index (χ0n) is 8.94. The van der Waals surface area contributed by atoms with Crippen LogP contribution in [0, 0.1) is 14.9 Å². The maximum Gasteiger partial charge on any atom is 0.101 e. The van der Waals surface area contributed by atoms with Crippen LogP contribution >= 0.6 is 22.6 Å².